The normalized spacial score (nSPS) is 11.1. The summed E-state index contributed by atoms with van der Waals surface area (Å²) in [6.45, 7) is 3.59. The lowest BCUT2D eigenvalue weighted by molar-refractivity contribution is -0.136. The van der Waals surface area contributed by atoms with E-state index in [0.29, 0.717) is 16.7 Å². The van der Waals surface area contributed by atoms with Crippen LogP contribution in [-0.2, 0) is 17.6 Å². The molecule has 2 aromatic rings. The van der Waals surface area contributed by atoms with Crippen LogP contribution < -0.4 is 0 Å². The summed E-state index contributed by atoms with van der Waals surface area (Å²) in [7, 11) is 0. The van der Waals surface area contributed by atoms with E-state index < -0.39 is 11.8 Å². The van der Waals surface area contributed by atoms with Crippen molar-refractivity contribution in [3.05, 3.63) is 62.4 Å². The van der Waals surface area contributed by atoms with E-state index in [1.165, 1.54) is 24.3 Å². The van der Waals surface area contributed by atoms with E-state index in [4.69, 9.17) is 28.3 Å². The molecular formula is C18H17Cl2FO3. The second-order valence-corrected chi connectivity index (χ2v) is 6.73. The molecule has 0 saturated carbocycles. The van der Waals surface area contributed by atoms with Gasteiger partial charge in [-0.25, -0.2) is 4.39 Å². The summed E-state index contributed by atoms with van der Waals surface area (Å²) in [5, 5.41) is 19.3. The molecule has 6 heteroatoms. The zero-order chi connectivity index (χ0) is 18.0. The molecule has 0 aromatic heterocycles. The molecule has 2 rings (SSSR count). The van der Waals surface area contributed by atoms with Crippen LogP contribution in [0.1, 0.15) is 42.0 Å². The molecule has 24 heavy (non-hydrogen) atoms. The Hall–Kier alpha value is -1.78. The SMILES string of the molecule is CC(C)c1c(O)ccc(Cc2c(Cl)cc(CC(=O)O)cc2Cl)c1F. The van der Waals surface area contributed by atoms with Crippen LogP contribution in [0.5, 0.6) is 5.75 Å². The molecule has 0 fully saturated rings. The van der Waals surface area contributed by atoms with Crippen molar-refractivity contribution in [1.82, 2.24) is 0 Å². The number of carboxylic acids is 1. The molecule has 0 aliphatic rings. The highest BCUT2D eigenvalue weighted by atomic mass is 35.5. The van der Waals surface area contributed by atoms with Crippen molar-refractivity contribution in [1.29, 1.82) is 0 Å². The predicted molar refractivity (Wildman–Crippen MR) is 92.8 cm³/mol. The number of carboxylic acid groups (broad SMARTS) is 1. The van der Waals surface area contributed by atoms with Gasteiger partial charge in [0.1, 0.15) is 11.6 Å². The first kappa shape index (κ1) is 18.6. The van der Waals surface area contributed by atoms with Crippen molar-refractivity contribution in [3.63, 3.8) is 0 Å². The topological polar surface area (TPSA) is 57.5 Å². The van der Waals surface area contributed by atoms with Gasteiger partial charge in [-0.15, -0.1) is 0 Å². The van der Waals surface area contributed by atoms with Gasteiger partial charge in [0.2, 0.25) is 0 Å². The molecule has 128 valence electrons. The van der Waals surface area contributed by atoms with Crippen molar-refractivity contribution < 1.29 is 19.4 Å². The van der Waals surface area contributed by atoms with Gasteiger partial charge in [0.15, 0.2) is 0 Å². The van der Waals surface area contributed by atoms with Gasteiger partial charge in [-0.1, -0.05) is 43.1 Å². The molecule has 0 saturated heterocycles. The van der Waals surface area contributed by atoms with Crippen LogP contribution in [0.15, 0.2) is 24.3 Å². The molecular weight excluding hydrogens is 354 g/mol. The van der Waals surface area contributed by atoms with E-state index in [-0.39, 0.29) is 40.1 Å². The molecule has 0 aliphatic heterocycles. The van der Waals surface area contributed by atoms with Gasteiger partial charge in [-0.05, 0) is 40.8 Å². The smallest absolute Gasteiger partial charge is 0.307 e. The van der Waals surface area contributed by atoms with Crippen molar-refractivity contribution in [3.8, 4) is 5.75 Å². The van der Waals surface area contributed by atoms with E-state index in [1.54, 1.807) is 13.8 Å². The van der Waals surface area contributed by atoms with Gasteiger partial charge >= 0.3 is 5.97 Å². The molecule has 2 N–H and O–H groups in total. The fourth-order valence-electron chi connectivity index (χ4n) is 2.61. The predicted octanol–water partition coefficient (Wildman–Crippen LogP) is 5.18. The average molecular weight is 371 g/mol. The molecule has 0 atom stereocenters. The lowest BCUT2D eigenvalue weighted by Crippen LogP contribution is -2.03. The summed E-state index contributed by atoms with van der Waals surface area (Å²) in [5.41, 5.74) is 1.62. The number of phenolic OH excluding ortho intramolecular Hbond substituents is 1. The first-order chi connectivity index (χ1) is 11.2. The Labute approximate surface area is 149 Å². The highest BCUT2D eigenvalue weighted by Gasteiger charge is 2.18. The molecule has 2 aromatic carbocycles. The highest BCUT2D eigenvalue weighted by Crippen LogP contribution is 2.34. The highest BCUT2D eigenvalue weighted by molar-refractivity contribution is 6.36. The lowest BCUT2D eigenvalue weighted by atomic mass is 9.95. The standard InChI is InChI=1S/C18H17Cl2FO3/c1-9(2)17-15(22)4-3-11(18(17)21)8-12-13(19)5-10(6-14(12)20)7-16(23)24/h3-6,9,22H,7-8H2,1-2H3,(H,23,24). The second-order valence-electron chi connectivity index (χ2n) is 5.91. The summed E-state index contributed by atoms with van der Waals surface area (Å²) in [4.78, 5) is 10.8. The number of carbonyl (C=O) groups is 1. The number of halogens is 3. The molecule has 0 amide bonds. The van der Waals surface area contributed by atoms with Crippen molar-refractivity contribution in [2.75, 3.05) is 0 Å². The van der Waals surface area contributed by atoms with E-state index in [9.17, 15) is 14.3 Å². The van der Waals surface area contributed by atoms with E-state index in [1.807, 2.05) is 0 Å². The molecule has 0 aliphatic carbocycles. The molecule has 3 nitrogen and oxygen atoms in total. The van der Waals surface area contributed by atoms with Gasteiger partial charge in [-0.3, -0.25) is 4.79 Å². The van der Waals surface area contributed by atoms with E-state index in [0.717, 1.165) is 0 Å². The maximum Gasteiger partial charge on any atom is 0.307 e. The number of benzene rings is 2. The van der Waals surface area contributed by atoms with Crippen LogP contribution in [0.2, 0.25) is 10.0 Å². The van der Waals surface area contributed by atoms with Crippen molar-refractivity contribution >= 4 is 29.2 Å². The summed E-state index contributed by atoms with van der Waals surface area (Å²) >= 11 is 12.4. The largest absolute Gasteiger partial charge is 0.508 e. The van der Waals surface area contributed by atoms with Gasteiger partial charge < -0.3 is 10.2 Å². The van der Waals surface area contributed by atoms with Gasteiger partial charge in [0, 0.05) is 22.0 Å². The number of aromatic hydroxyl groups is 1. The lowest BCUT2D eigenvalue weighted by Gasteiger charge is -2.15. The van der Waals surface area contributed by atoms with Crippen molar-refractivity contribution in [2.45, 2.75) is 32.6 Å². The summed E-state index contributed by atoms with van der Waals surface area (Å²) in [5.74, 6) is -1.72. The number of phenols is 1. The van der Waals surface area contributed by atoms with Crippen LogP contribution in [0.3, 0.4) is 0 Å². The van der Waals surface area contributed by atoms with Crippen molar-refractivity contribution in [2.24, 2.45) is 0 Å². The van der Waals surface area contributed by atoms with Crippen LogP contribution >= 0.6 is 23.2 Å². The molecule has 0 heterocycles. The number of aliphatic carboxylic acids is 1. The minimum Gasteiger partial charge on any atom is -0.508 e. The molecule has 0 bridgehead atoms. The third kappa shape index (κ3) is 4.00. The van der Waals surface area contributed by atoms with Gasteiger partial charge in [0.25, 0.3) is 0 Å². The Morgan fingerprint density at radius 2 is 1.79 bits per heavy atom. The number of hydrogen-bond donors (Lipinski definition) is 2. The first-order valence-electron chi connectivity index (χ1n) is 7.39. The third-order valence-corrected chi connectivity index (χ3v) is 4.41. The quantitative estimate of drug-likeness (QED) is 0.762. The summed E-state index contributed by atoms with van der Waals surface area (Å²) < 4.78 is 14.7. The Balaban J connectivity index is 2.42. The third-order valence-electron chi connectivity index (χ3n) is 3.74. The number of hydrogen-bond acceptors (Lipinski definition) is 2. The van der Waals surface area contributed by atoms with Crippen LogP contribution in [-0.4, -0.2) is 16.2 Å². The first-order valence-corrected chi connectivity index (χ1v) is 8.15. The van der Waals surface area contributed by atoms with Gasteiger partial charge in [0.05, 0.1) is 6.42 Å². The maximum absolute atomic E-state index is 14.7. The Kier molecular flexibility index (Phi) is 5.73. The minimum absolute atomic E-state index is 0.0831. The van der Waals surface area contributed by atoms with Crippen LogP contribution in [0.4, 0.5) is 4.39 Å². The Morgan fingerprint density at radius 1 is 1.21 bits per heavy atom. The summed E-state index contributed by atoms with van der Waals surface area (Å²) in [6, 6.07) is 6.00. The number of rotatable bonds is 5. The fourth-order valence-corrected chi connectivity index (χ4v) is 3.27. The zero-order valence-electron chi connectivity index (χ0n) is 13.2. The fraction of sp³-hybridized carbons (Fsp3) is 0.278. The van der Waals surface area contributed by atoms with E-state index >= 15 is 0 Å². The van der Waals surface area contributed by atoms with Crippen LogP contribution in [0, 0.1) is 5.82 Å². The zero-order valence-corrected chi connectivity index (χ0v) is 14.7. The van der Waals surface area contributed by atoms with Gasteiger partial charge in [-0.2, -0.15) is 0 Å². The van der Waals surface area contributed by atoms with E-state index in [2.05, 4.69) is 0 Å². The van der Waals surface area contributed by atoms with Crippen LogP contribution in [0.25, 0.3) is 0 Å². The Morgan fingerprint density at radius 3 is 2.29 bits per heavy atom. The Bertz CT molecular complexity index is 765. The minimum atomic E-state index is -0.985. The summed E-state index contributed by atoms with van der Waals surface area (Å²) in [6.07, 6.45) is -0.0400. The maximum atomic E-state index is 14.7. The monoisotopic (exact) mass is 370 g/mol. The second kappa shape index (κ2) is 7.41. The molecule has 0 spiro atoms. The average Bonchev–Trinajstić information content (AvgIpc) is 2.43. The molecule has 0 unspecified atom stereocenters. The molecule has 0 radical (unpaired) electrons.